The van der Waals surface area contributed by atoms with Crippen LogP contribution in [0, 0.1) is 5.82 Å². The number of hydrogen-bond acceptors (Lipinski definition) is 4. The van der Waals surface area contributed by atoms with Crippen molar-refractivity contribution in [1.29, 1.82) is 0 Å². The number of halogens is 3. The summed E-state index contributed by atoms with van der Waals surface area (Å²) in [5.41, 5.74) is 1.62. The second-order valence-corrected chi connectivity index (χ2v) is 7.00. The lowest BCUT2D eigenvalue weighted by molar-refractivity contribution is -0.117. The molecule has 1 fully saturated rings. The van der Waals surface area contributed by atoms with Gasteiger partial charge in [0.05, 0.1) is 6.54 Å². The average Bonchev–Trinajstić information content (AvgIpc) is 2.58. The van der Waals surface area contributed by atoms with Crippen LogP contribution >= 0.6 is 23.2 Å². The Hall–Kier alpha value is -1.73. The van der Waals surface area contributed by atoms with Crippen LogP contribution in [0.4, 0.5) is 10.1 Å². The highest BCUT2D eigenvalue weighted by atomic mass is 35.5. The molecule has 1 saturated heterocycles. The molecule has 0 aliphatic carbocycles. The van der Waals surface area contributed by atoms with E-state index in [-0.39, 0.29) is 11.7 Å². The quantitative estimate of drug-likeness (QED) is 0.787. The minimum absolute atomic E-state index is 0.0993. The largest absolute Gasteiger partial charge is 0.325 e. The van der Waals surface area contributed by atoms with E-state index in [4.69, 9.17) is 23.2 Å². The fourth-order valence-electron chi connectivity index (χ4n) is 2.91. The van der Waals surface area contributed by atoms with Gasteiger partial charge in [-0.1, -0.05) is 23.2 Å². The Kier molecular flexibility index (Phi) is 6.43. The first-order valence-electron chi connectivity index (χ1n) is 8.30. The van der Waals surface area contributed by atoms with Crippen LogP contribution in [0.5, 0.6) is 0 Å². The topological polar surface area (TPSA) is 48.5 Å². The summed E-state index contributed by atoms with van der Waals surface area (Å²) in [7, 11) is 0. The molecule has 0 unspecified atom stereocenters. The highest BCUT2D eigenvalue weighted by Gasteiger charge is 2.19. The number of pyridine rings is 1. The molecule has 138 valence electrons. The lowest BCUT2D eigenvalue weighted by atomic mass is 10.2. The van der Waals surface area contributed by atoms with E-state index >= 15 is 0 Å². The molecule has 1 amide bonds. The highest BCUT2D eigenvalue weighted by Crippen LogP contribution is 2.17. The summed E-state index contributed by atoms with van der Waals surface area (Å²) in [6, 6.07) is 9.39. The van der Waals surface area contributed by atoms with Gasteiger partial charge in [-0.2, -0.15) is 0 Å². The number of hydrogen-bond donors (Lipinski definition) is 1. The maximum Gasteiger partial charge on any atom is 0.238 e. The number of carbonyl (C=O) groups excluding carboxylic acids is 1. The van der Waals surface area contributed by atoms with Gasteiger partial charge in [0, 0.05) is 38.4 Å². The molecule has 1 aliphatic heterocycles. The minimum atomic E-state index is -0.323. The molecule has 2 aromatic rings. The normalized spacial score (nSPS) is 15.8. The van der Waals surface area contributed by atoms with Crippen molar-refractivity contribution in [2.24, 2.45) is 0 Å². The SMILES string of the molecule is O=C(CN1CCN(Cc2cc(Cl)nc(Cl)c2)CC1)Nc1ccc(F)cc1. The Bertz CT molecular complexity index is 744. The first kappa shape index (κ1) is 19.0. The van der Waals surface area contributed by atoms with E-state index < -0.39 is 0 Å². The zero-order chi connectivity index (χ0) is 18.5. The third-order valence-electron chi connectivity index (χ3n) is 4.19. The molecule has 0 bridgehead atoms. The van der Waals surface area contributed by atoms with Crippen molar-refractivity contribution >= 4 is 34.8 Å². The van der Waals surface area contributed by atoms with E-state index in [1.165, 1.54) is 12.1 Å². The number of amides is 1. The van der Waals surface area contributed by atoms with E-state index in [2.05, 4.69) is 20.1 Å². The Balaban J connectivity index is 1.44. The third kappa shape index (κ3) is 5.64. The van der Waals surface area contributed by atoms with Crippen molar-refractivity contribution in [3.63, 3.8) is 0 Å². The third-order valence-corrected chi connectivity index (χ3v) is 4.58. The van der Waals surface area contributed by atoms with Gasteiger partial charge < -0.3 is 5.32 Å². The van der Waals surface area contributed by atoms with Crippen molar-refractivity contribution in [3.05, 3.63) is 58.1 Å². The second kappa shape index (κ2) is 8.77. The minimum Gasteiger partial charge on any atom is -0.325 e. The van der Waals surface area contributed by atoms with Crippen molar-refractivity contribution in [2.45, 2.75) is 6.54 Å². The number of nitrogens with one attached hydrogen (secondary N) is 1. The number of piperazine rings is 1. The van der Waals surface area contributed by atoms with Crippen molar-refractivity contribution in [3.8, 4) is 0 Å². The number of aromatic nitrogens is 1. The predicted molar refractivity (Wildman–Crippen MR) is 101 cm³/mol. The van der Waals surface area contributed by atoms with Crippen molar-refractivity contribution in [2.75, 3.05) is 38.0 Å². The maximum absolute atomic E-state index is 12.9. The van der Waals surface area contributed by atoms with Gasteiger partial charge in [0.1, 0.15) is 16.1 Å². The van der Waals surface area contributed by atoms with Gasteiger partial charge in [-0.15, -0.1) is 0 Å². The number of rotatable bonds is 5. The molecule has 26 heavy (non-hydrogen) atoms. The molecular weight excluding hydrogens is 378 g/mol. The molecule has 0 saturated carbocycles. The molecule has 1 aliphatic rings. The zero-order valence-electron chi connectivity index (χ0n) is 14.1. The lowest BCUT2D eigenvalue weighted by Crippen LogP contribution is -2.48. The molecule has 8 heteroatoms. The molecule has 1 N–H and O–H groups in total. The average molecular weight is 397 g/mol. The maximum atomic E-state index is 12.9. The van der Waals surface area contributed by atoms with E-state index in [1.54, 1.807) is 12.1 Å². The summed E-state index contributed by atoms with van der Waals surface area (Å²) < 4.78 is 12.9. The molecule has 1 aromatic heterocycles. The molecule has 5 nitrogen and oxygen atoms in total. The summed E-state index contributed by atoms with van der Waals surface area (Å²) in [5, 5.41) is 3.57. The van der Waals surface area contributed by atoms with Gasteiger partial charge in [-0.3, -0.25) is 14.6 Å². The Morgan fingerprint density at radius 2 is 1.62 bits per heavy atom. The van der Waals surface area contributed by atoms with Gasteiger partial charge >= 0.3 is 0 Å². The number of anilines is 1. The molecule has 0 atom stereocenters. The summed E-state index contributed by atoms with van der Waals surface area (Å²) in [5.74, 6) is -0.423. The standard InChI is InChI=1S/C18H19Cl2FN4O/c19-16-9-13(10-17(20)23-16)11-24-5-7-25(8-6-24)12-18(26)22-15-3-1-14(21)2-4-15/h1-4,9-10H,5-8,11-12H2,(H,22,26). The van der Waals surface area contributed by atoms with Crippen LogP contribution in [-0.2, 0) is 11.3 Å². The van der Waals surface area contributed by atoms with E-state index in [0.717, 1.165) is 38.3 Å². The highest BCUT2D eigenvalue weighted by molar-refractivity contribution is 6.32. The van der Waals surface area contributed by atoms with E-state index in [9.17, 15) is 9.18 Å². The van der Waals surface area contributed by atoms with E-state index in [0.29, 0.717) is 22.5 Å². The number of benzene rings is 1. The van der Waals surface area contributed by atoms with Crippen molar-refractivity contribution in [1.82, 2.24) is 14.8 Å². The van der Waals surface area contributed by atoms with Crippen LogP contribution in [0.1, 0.15) is 5.56 Å². The summed E-state index contributed by atoms with van der Waals surface area (Å²) >= 11 is 11.9. The van der Waals surface area contributed by atoms with Gasteiger partial charge in [-0.05, 0) is 42.0 Å². The number of carbonyl (C=O) groups is 1. The molecule has 0 radical (unpaired) electrons. The fraction of sp³-hybridized carbons (Fsp3) is 0.333. The monoisotopic (exact) mass is 396 g/mol. The molecular formula is C18H19Cl2FN4O. The molecule has 1 aromatic carbocycles. The Labute approximate surface area is 161 Å². The lowest BCUT2D eigenvalue weighted by Gasteiger charge is -2.34. The smallest absolute Gasteiger partial charge is 0.238 e. The van der Waals surface area contributed by atoms with Crippen LogP contribution in [-0.4, -0.2) is 53.4 Å². The van der Waals surface area contributed by atoms with Gasteiger partial charge in [0.25, 0.3) is 0 Å². The number of nitrogens with zero attached hydrogens (tertiary/aromatic N) is 3. The Morgan fingerprint density at radius 1 is 1.04 bits per heavy atom. The predicted octanol–water partition coefficient (Wildman–Crippen LogP) is 3.28. The fourth-order valence-corrected chi connectivity index (χ4v) is 3.41. The van der Waals surface area contributed by atoms with Crippen LogP contribution in [0.2, 0.25) is 10.3 Å². The first-order valence-corrected chi connectivity index (χ1v) is 9.05. The van der Waals surface area contributed by atoms with Crippen LogP contribution in [0.15, 0.2) is 36.4 Å². The summed E-state index contributed by atoms with van der Waals surface area (Å²) in [6.45, 7) is 4.35. The molecule has 2 heterocycles. The molecule has 3 rings (SSSR count). The van der Waals surface area contributed by atoms with Gasteiger partial charge in [0.2, 0.25) is 5.91 Å². The van der Waals surface area contributed by atoms with Crippen LogP contribution in [0.3, 0.4) is 0 Å². The van der Waals surface area contributed by atoms with Crippen molar-refractivity contribution < 1.29 is 9.18 Å². The zero-order valence-corrected chi connectivity index (χ0v) is 15.6. The van der Waals surface area contributed by atoms with Crippen LogP contribution in [0.25, 0.3) is 0 Å². The Morgan fingerprint density at radius 3 is 2.23 bits per heavy atom. The van der Waals surface area contributed by atoms with Gasteiger partial charge in [-0.25, -0.2) is 9.37 Å². The van der Waals surface area contributed by atoms with E-state index in [1.807, 2.05) is 12.1 Å². The summed E-state index contributed by atoms with van der Waals surface area (Å²) in [4.78, 5) is 20.5. The molecule has 0 spiro atoms. The second-order valence-electron chi connectivity index (χ2n) is 6.23. The van der Waals surface area contributed by atoms with Gasteiger partial charge in [0.15, 0.2) is 0 Å². The summed E-state index contributed by atoms with van der Waals surface area (Å²) in [6.07, 6.45) is 0. The van der Waals surface area contributed by atoms with Crippen LogP contribution < -0.4 is 5.32 Å². The first-order chi connectivity index (χ1) is 12.5.